The molecule has 4 nitrogen and oxygen atoms in total. The number of rotatable bonds is 4. The van der Waals surface area contributed by atoms with E-state index in [1.165, 1.54) is 27.8 Å². The van der Waals surface area contributed by atoms with Gasteiger partial charge in [0.1, 0.15) is 6.17 Å². The van der Waals surface area contributed by atoms with E-state index in [2.05, 4.69) is 0 Å². The largest absolute Gasteiger partial charge is 0.289 e. The average Bonchev–Trinajstić information content (AvgIpc) is 3.02. The molecule has 126 valence electrons. The molecule has 0 saturated heterocycles. The normalized spacial score (nSPS) is 18.8. The van der Waals surface area contributed by atoms with E-state index < -0.39 is 10.0 Å². The van der Waals surface area contributed by atoms with Gasteiger partial charge in [-0.05, 0) is 61.9 Å². The van der Waals surface area contributed by atoms with E-state index in [0.29, 0.717) is 5.02 Å². The molecule has 0 saturated carbocycles. The van der Waals surface area contributed by atoms with Crippen molar-refractivity contribution >= 4 is 38.5 Å². The summed E-state index contributed by atoms with van der Waals surface area (Å²) >= 11 is 7.11. The van der Waals surface area contributed by atoms with Crippen molar-refractivity contribution in [3.63, 3.8) is 0 Å². The van der Waals surface area contributed by atoms with Gasteiger partial charge in [0.05, 0.1) is 4.90 Å². The van der Waals surface area contributed by atoms with Crippen LogP contribution in [0.25, 0.3) is 4.91 Å². The van der Waals surface area contributed by atoms with Crippen LogP contribution in [-0.4, -0.2) is 37.3 Å². The Bertz CT molecular complexity index is 850. The van der Waals surface area contributed by atoms with Crippen LogP contribution < -0.4 is 0 Å². The van der Waals surface area contributed by atoms with Crippen LogP contribution in [0.4, 0.5) is 0 Å². The Morgan fingerprint density at radius 1 is 1.04 bits per heavy atom. The van der Waals surface area contributed by atoms with Gasteiger partial charge < -0.3 is 0 Å². The van der Waals surface area contributed by atoms with Crippen molar-refractivity contribution in [2.75, 3.05) is 14.1 Å². The summed E-state index contributed by atoms with van der Waals surface area (Å²) in [5.41, 5.74) is 1.00. The number of halogens is 1. The topological polar surface area (TPSA) is 40.6 Å². The van der Waals surface area contributed by atoms with Gasteiger partial charge in [-0.25, -0.2) is 8.42 Å². The van der Waals surface area contributed by atoms with Gasteiger partial charge in [0.15, 0.2) is 0 Å². The van der Waals surface area contributed by atoms with Gasteiger partial charge >= 0.3 is 0 Å². The predicted molar refractivity (Wildman–Crippen MR) is 100.0 cm³/mol. The molecule has 0 radical (unpaired) electrons. The van der Waals surface area contributed by atoms with Crippen molar-refractivity contribution in [2.24, 2.45) is 0 Å². The van der Waals surface area contributed by atoms with E-state index >= 15 is 0 Å². The van der Waals surface area contributed by atoms with E-state index in [-0.39, 0.29) is 11.1 Å². The van der Waals surface area contributed by atoms with Crippen LogP contribution in [0.3, 0.4) is 0 Å². The third-order valence-electron chi connectivity index (χ3n) is 3.64. The molecule has 2 aromatic carbocycles. The van der Waals surface area contributed by atoms with Gasteiger partial charge in [-0.3, -0.25) is 4.90 Å². The third kappa shape index (κ3) is 3.38. The Labute approximate surface area is 151 Å². The summed E-state index contributed by atoms with van der Waals surface area (Å²) in [6.07, 6.45) is 1.61. The molecule has 1 aliphatic heterocycles. The highest BCUT2D eigenvalue weighted by Crippen LogP contribution is 2.43. The van der Waals surface area contributed by atoms with Crippen molar-refractivity contribution in [1.29, 1.82) is 0 Å². The maximum Gasteiger partial charge on any atom is 0.254 e. The predicted octanol–water partition coefficient (Wildman–Crippen LogP) is 3.92. The van der Waals surface area contributed by atoms with E-state index in [9.17, 15) is 8.42 Å². The zero-order valence-electron chi connectivity index (χ0n) is 13.3. The highest BCUT2D eigenvalue weighted by molar-refractivity contribution is 8.14. The molecule has 1 aliphatic rings. The first kappa shape index (κ1) is 17.5. The molecule has 1 atom stereocenters. The van der Waals surface area contributed by atoms with Crippen molar-refractivity contribution in [2.45, 2.75) is 11.1 Å². The molecule has 0 N–H and O–H groups in total. The lowest BCUT2D eigenvalue weighted by molar-refractivity contribution is 0.275. The minimum Gasteiger partial charge on any atom is -0.289 e. The summed E-state index contributed by atoms with van der Waals surface area (Å²) in [7, 11) is 0.0756. The van der Waals surface area contributed by atoms with Crippen molar-refractivity contribution in [1.82, 2.24) is 8.61 Å². The molecule has 0 fully saturated rings. The molecule has 24 heavy (non-hydrogen) atoms. The molecule has 7 heteroatoms. The Balaban J connectivity index is 1.97. The zero-order valence-corrected chi connectivity index (χ0v) is 15.6. The van der Waals surface area contributed by atoms with Crippen LogP contribution in [0.15, 0.2) is 65.6 Å². The Morgan fingerprint density at radius 2 is 1.67 bits per heavy atom. The van der Waals surface area contributed by atoms with Crippen LogP contribution in [0.1, 0.15) is 5.56 Å². The van der Waals surface area contributed by atoms with Gasteiger partial charge in [-0.15, -0.1) is 3.71 Å². The summed E-state index contributed by atoms with van der Waals surface area (Å²) in [5.74, 6) is 0. The molecule has 0 spiro atoms. The summed E-state index contributed by atoms with van der Waals surface area (Å²) in [6, 6.07) is 16.0. The first-order valence-electron chi connectivity index (χ1n) is 7.31. The van der Waals surface area contributed by atoms with E-state index in [1.54, 1.807) is 12.1 Å². The summed E-state index contributed by atoms with van der Waals surface area (Å²) in [6.45, 7) is 0. The van der Waals surface area contributed by atoms with E-state index in [1.807, 2.05) is 55.4 Å². The lowest BCUT2D eigenvalue weighted by Crippen LogP contribution is -2.40. The number of benzene rings is 2. The maximum absolute atomic E-state index is 13.0. The monoisotopic (exact) mass is 380 g/mol. The highest BCUT2D eigenvalue weighted by Gasteiger charge is 2.38. The standard InChI is InChI=1S/C17H17ClN2O2S2/c1-19(2)17-12-16(13-6-4-3-5-7-13)23-20(17)24(21,22)15-10-8-14(18)9-11-15/h3-12,17H,1-2H3. The molecule has 1 unspecified atom stereocenters. The van der Waals surface area contributed by atoms with Gasteiger partial charge in [0.25, 0.3) is 10.0 Å². The van der Waals surface area contributed by atoms with Crippen LogP contribution in [-0.2, 0) is 10.0 Å². The molecule has 2 aromatic rings. The fourth-order valence-corrected chi connectivity index (χ4v) is 5.58. The van der Waals surface area contributed by atoms with Crippen molar-refractivity contribution in [3.05, 3.63) is 71.3 Å². The van der Waals surface area contributed by atoms with Crippen molar-refractivity contribution < 1.29 is 8.42 Å². The minimum absolute atomic E-state index is 0.231. The van der Waals surface area contributed by atoms with Gasteiger partial charge in [0, 0.05) is 9.93 Å². The van der Waals surface area contributed by atoms with Crippen LogP contribution in [0.5, 0.6) is 0 Å². The van der Waals surface area contributed by atoms with Crippen molar-refractivity contribution in [3.8, 4) is 0 Å². The molecule has 0 bridgehead atoms. The van der Waals surface area contributed by atoms with E-state index in [4.69, 9.17) is 11.6 Å². The first-order chi connectivity index (χ1) is 11.4. The molecule has 3 rings (SSSR count). The maximum atomic E-state index is 13.0. The Kier molecular flexibility index (Phi) is 5.03. The van der Waals surface area contributed by atoms with Crippen LogP contribution in [0, 0.1) is 0 Å². The Morgan fingerprint density at radius 3 is 2.25 bits per heavy atom. The number of likely N-dealkylation sites (N-methyl/N-ethyl adjacent to an activating group) is 1. The molecular weight excluding hydrogens is 364 g/mol. The lowest BCUT2D eigenvalue weighted by Gasteiger charge is -2.27. The highest BCUT2D eigenvalue weighted by atomic mass is 35.5. The summed E-state index contributed by atoms with van der Waals surface area (Å²) in [5, 5.41) is 0.510. The fraction of sp³-hybridized carbons (Fsp3) is 0.176. The van der Waals surface area contributed by atoms with Crippen LogP contribution >= 0.6 is 23.5 Å². The quantitative estimate of drug-likeness (QED) is 0.754. The minimum atomic E-state index is -3.65. The lowest BCUT2D eigenvalue weighted by atomic mass is 10.2. The second-order valence-corrected chi connectivity index (χ2v) is 9.08. The molecule has 0 aliphatic carbocycles. The summed E-state index contributed by atoms with van der Waals surface area (Å²) in [4.78, 5) is 3.02. The zero-order chi connectivity index (χ0) is 17.3. The number of hydrogen-bond donors (Lipinski definition) is 0. The molecule has 0 aromatic heterocycles. The third-order valence-corrected chi connectivity index (χ3v) is 7.23. The molecular formula is C17H17ClN2O2S2. The first-order valence-corrected chi connectivity index (χ1v) is 9.90. The fourth-order valence-electron chi connectivity index (χ4n) is 2.37. The average molecular weight is 381 g/mol. The summed E-state index contributed by atoms with van der Waals surface area (Å²) < 4.78 is 27.5. The number of sulfonamides is 1. The number of hydrogen-bond acceptors (Lipinski definition) is 4. The van der Waals surface area contributed by atoms with Gasteiger partial charge in [-0.2, -0.15) is 0 Å². The van der Waals surface area contributed by atoms with E-state index in [0.717, 1.165) is 10.5 Å². The Hall–Kier alpha value is -1.31. The second-order valence-electron chi connectivity index (χ2n) is 5.58. The number of nitrogens with zero attached hydrogens (tertiary/aromatic N) is 2. The molecule has 1 heterocycles. The molecule has 0 amide bonds. The second kappa shape index (κ2) is 6.90. The SMILES string of the molecule is CN(C)C1C=C(c2ccccc2)SN1S(=O)(=O)c1ccc(Cl)cc1. The smallest absolute Gasteiger partial charge is 0.254 e. The van der Waals surface area contributed by atoms with Crippen LogP contribution in [0.2, 0.25) is 5.02 Å². The van der Waals surface area contributed by atoms with Gasteiger partial charge in [-0.1, -0.05) is 41.9 Å². The van der Waals surface area contributed by atoms with Gasteiger partial charge in [0.2, 0.25) is 0 Å².